The monoisotopic (exact) mass is 439 g/mol. The van der Waals surface area contributed by atoms with E-state index in [9.17, 15) is 19.7 Å². The van der Waals surface area contributed by atoms with Crippen molar-refractivity contribution in [2.45, 2.75) is 16.7 Å². The lowest BCUT2D eigenvalue weighted by molar-refractivity contribution is -0.388. The number of halogens is 1. The Balaban J connectivity index is 2.65. The van der Waals surface area contributed by atoms with Gasteiger partial charge in [0, 0.05) is 14.9 Å². The van der Waals surface area contributed by atoms with Gasteiger partial charge in [0.2, 0.25) is 0 Å². The van der Waals surface area contributed by atoms with Crippen molar-refractivity contribution in [1.82, 2.24) is 0 Å². The number of carbonyl (C=O) groups excluding carboxylic acids is 2. The van der Waals surface area contributed by atoms with Crippen LogP contribution in [0.4, 0.5) is 5.69 Å². The molecule has 2 aromatic rings. The number of hydrogen-bond acceptors (Lipinski definition) is 7. The van der Waals surface area contributed by atoms with Gasteiger partial charge in [0.1, 0.15) is 4.90 Å². The Labute approximate surface area is 162 Å². The molecule has 136 valence electrons. The van der Waals surface area contributed by atoms with Crippen LogP contribution in [0.3, 0.4) is 0 Å². The first kappa shape index (κ1) is 19.9. The van der Waals surface area contributed by atoms with Gasteiger partial charge in [-0.1, -0.05) is 23.9 Å². The second-order valence-corrected chi connectivity index (χ2v) is 6.95. The minimum absolute atomic E-state index is 0.0941. The summed E-state index contributed by atoms with van der Waals surface area (Å²) in [4.78, 5) is 35.7. The summed E-state index contributed by atoms with van der Waals surface area (Å²) < 4.78 is 9.78. The van der Waals surface area contributed by atoms with Crippen LogP contribution < -0.4 is 0 Å². The Kier molecular flexibility index (Phi) is 6.38. The molecule has 0 saturated carbocycles. The molecular weight excluding hydrogens is 426 g/mol. The Morgan fingerprint density at radius 1 is 1.12 bits per heavy atom. The zero-order valence-corrected chi connectivity index (χ0v) is 16.5. The second-order valence-electron chi connectivity index (χ2n) is 5.05. The number of methoxy groups -OCH3 is 2. The predicted molar refractivity (Wildman–Crippen MR) is 98.8 cm³/mol. The van der Waals surface area contributed by atoms with E-state index in [-0.39, 0.29) is 27.3 Å². The highest BCUT2D eigenvalue weighted by Gasteiger charge is 2.28. The van der Waals surface area contributed by atoms with Crippen molar-refractivity contribution in [3.8, 4) is 0 Å². The van der Waals surface area contributed by atoms with Crippen LogP contribution in [0.1, 0.15) is 26.3 Å². The lowest BCUT2D eigenvalue weighted by Gasteiger charge is -2.13. The van der Waals surface area contributed by atoms with Crippen molar-refractivity contribution in [1.29, 1.82) is 0 Å². The van der Waals surface area contributed by atoms with Crippen molar-refractivity contribution >= 4 is 45.3 Å². The highest BCUT2D eigenvalue weighted by Crippen LogP contribution is 2.44. The molecule has 0 saturated heterocycles. The summed E-state index contributed by atoms with van der Waals surface area (Å²) in [6.07, 6.45) is 0. The molecule has 0 amide bonds. The number of carbonyl (C=O) groups is 2. The van der Waals surface area contributed by atoms with Gasteiger partial charge in [-0.3, -0.25) is 10.1 Å². The van der Waals surface area contributed by atoms with Crippen LogP contribution in [0.2, 0.25) is 0 Å². The number of hydrogen-bond donors (Lipinski definition) is 0. The summed E-state index contributed by atoms with van der Waals surface area (Å²) >= 11 is 4.33. The van der Waals surface area contributed by atoms with Crippen LogP contribution in [0, 0.1) is 17.0 Å². The Morgan fingerprint density at radius 2 is 1.69 bits per heavy atom. The third-order valence-corrected chi connectivity index (χ3v) is 5.64. The van der Waals surface area contributed by atoms with Gasteiger partial charge in [0.25, 0.3) is 5.69 Å². The van der Waals surface area contributed by atoms with E-state index in [0.717, 1.165) is 11.8 Å². The number of nitro benzene ring substituents is 1. The number of nitro groups is 1. The zero-order chi connectivity index (χ0) is 19.4. The maximum atomic E-state index is 11.9. The topological polar surface area (TPSA) is 95.7 Å². The van der Waals surface area contributed by atoms with E-state index in [1.165, 1.54) is 27.2 Å². The van der Waals surface area contributed by atoms with Crippen LogP contribution in [0.5, 0.6) is 0 Å². The van der Waals surface area contributed by atoms with Crippen LogP contribution >= 0.6 is 27.7 Å². The molecule has 0 aliphatic carbocycles. The molecule has 9 heteroatoms. The second kappa shape index (κ2) is 8.33. The largest absolute Gasteiger partial charge is 0.465 e. The molecule has 0 bridgehead atoms. The number of benzene rings is 2. The maximum Gasteiger partial charge on any atom is 0.339 e. The van der Waals surface area contributed by atoms with E-state index in [4.69, 9.17) is 4.74 Å². The van der Waals surface area contributed by atoms with E-state index in [1.807, 2.05) is 0 Å². The minimum atomic E-state index is -0.669. The van der Waals surface area contributed by atoms with E-state index in [2.05, 4.69) is 20.7 Å². The van der Waals surface area contributed by atoms with Gasteiger partial charge < -0.3 is 9.47 Å². The van der Waals surface area contributed by atoms with Gasteiger partial charge in [-0.05, 0) is 41.1 Å². The van der Waals surface area contributed by atoms with Crippen molar-refractivity contribution < 1.29 is 24.0 Å². The maximum absolute atomic E-state index is 11.9. The number of esters is 2. The van der Waals surface area contributed by atoms with Gasteiger partial charge in [-0.25, -0.2) is 9.59 Å². The molecule has 2 aromatic carbocycles. The average Bonchev–Trinajstić information content (AvgIpc) is 2.63. The Bertz CT molecular complexity index is 899. The fourth-order valence-corrected chi connectivity index (χ4v) is 4.06. The summed E-state index contributed by atoms with van der Waals surface area (Å²) in [6, 6.07) is 8.09. The van der Waals surface area contributed by atoms with Crippen LogP contribution in [0.25, 0.3) is 0 Å². The normalized spacial score (nSPS) is 10.3. The fraction of sp³-hybridized carbons (Fsp3) is 0.176. The van der Waals surface area contributed by atoms with Crippen LogP contribution in [-0.4, -0.2) is 31.1 Å². The molecule has 0 heterocycles. The van der Waals surface area contributed by atoms with Gasteiger partial charge >= 0.3 is 11.9 Å². The first-order valence-corrected chi connectivity index (χ1v) is 8.83. The number of rotatable bonds is 5. The van der Waals surface area contributed by atoms with E-state index >= 15 is 0 Å². The molecule has 0 aromatic heterocycles. The predicted octanol–water partition coefficient (Wildman–Crippen LogP) is 4.39. The molecule has 2 rings (SSSR count). The van der Waals surface area contributed by atoms with E-state index in [0.29, 0.717) is 9.37 Å². The molecular formula is C17H14BrNO6S. The molecule has 0 aliphatic heterocycles. The standard InChI is InChI=1S/C17H14BrNO6S/c1-9-11(17(21)25-3)8-12(18)15(14(9)19(22)23)26-13-7-5-4-6-10(13)16(20)24-2/h4-8H,1-3H3. The first-order chi connectivity index (χ1) is 12.3. The first-order valence-electron chi connectivity index (χ1n) is 7.22. The van der Waals surface area contributed by atoms with E-state index < -0.39 is 16.9 Å². The Hall–Kier alpha value is -2.39. The molecule has 0 N–H and O–H groups in total. The fourth-order valence-electron chi connectivity index (χ4n) is 2.29. The quantitative estimate of drug-likeness (QED) is 0.387. The molecule has 0 spiro atoms. The summed E-state index contributed by atoms with van der Waals surface area (Å²) in [6.45, 7) is 1.48. The molecule has 7 nitrogen and oxygen atoms in total. The molecule has 0 aliphatic rings. The van der Waals surface area contributed by atoms with Gasteiger partial charge in [-0.2, -0.15) is 0 Å². The summed E-state index contributed by atoms with van der Waals surface area (Å²) in [5.41, 5.74) is 0.333. The Morgan fingerprint density at radius 3 is 2.27 bits per heavy atom. The minimum Gasteiger partial charge on any atom is -0.465 e. The average molecular weight is 440 g/mol. The molecule has 0 fully saturated rings. The van der Waals surface area contributed by atoms with Crippen molar-refractivity contribution in [3.63, 3.8) is 0 Å². The molecule has 26 heavy (non-hydrogen) atoms. The lowest BCUT2D eigenvalue weighted by Crippen LogP contribution is -2.08. The number of ether oxygens (including phenoxy) is 2. The SMILES string of the molecule is COC(=O)c1ccccc1Sc1c(Br)cc(C(=O)OC)c(C)c1[N+](=O)[O-]. The van der Waals surface area contributed by atoms with Gasteiger partial charge in [0.05, 0.1) is 30.3 Å². The van der Waals surface area contributed by atoms with Gasteiger partial charge in [0.15, 0.2) is 0 Å². The smallest absolute Gasteiger partial charge is 0.339 e. The molecule has 0 radical (unpaired) electrons. The summed E-state index contributed by atoms with van der Waals surface area (Å²) in [5.74, 6) is -1.22. The summed E-state index contributed by atoms with van der Waals surface area (Å²) in [5, 5.41) is 11.7. The summed E-state index contributed by atoms with van der Waals surface area (Å²) in [7, 11) is 2.47. The zero-order valence-electron chi connectivity index (χ0n) is 14.1. The molecule has 0 atom stereocenters. The lowest BCUT2D eigenvalue weighted by atomic mass is 10.1. The van der Waals surface area contributed by atoms with E-state index in [1.54, 1.807) is 24.3 Å². The molecule has 0 unspecified atom stereocenters. The van der Waals surface area contributed by atoms with Crippen molar-refractivity contribution in [2.24, 2.45) is 0 Å². The van der Waals surface area contributed by atoms with Crippen molar-refractivity contribution in [3.05, 3.63) is 61.6 Å². The van der Waals surface area contributed by atoms with Crippen LogP contribution in [-0.2, 0) is 9.47 Å². The third-order valence-electron chi connectivity index (χ3n) is 3.55. The number of nitrogens with zero attached hydrogens (tertiary/aromatic N) is 1. The highest BCUT2D eigenvalue weighted by atomic mass is 79.9. The van der Waals surface area contributed by atoms with Crippen molar-refractivity contribution in [2.75, 3.05) is 14.2 Å². The van der Waals surface area contributed by atoms with Gasteiger partial charge in [-0.15, -0.1) is 0 Å². The third kappa shape index (κ3) is 3.88. The van der Waals surface area contributed by atoms with Crippen LogP contribution in [0.15, 0.2) is 44.6 Å². The highest BCUT2D eigenvalue weighted by molar-refractivity contribution is 9.10.